The van der Waals surface area contributed by atoms with Crippen molar-refractivity contribution in [2.45, 2.75) is 20.0 Å². The third kappa shape index (κ3) is 4.85. The number of anilines is 3. The number of halogens is 3. The van der Waals surface area contributed by atoms with Crippen LogP contribution in [-0.2, 0) is 6.18 Å². The zero-order valence-electron chi connectivity index (χ0n) is 15.1. The van der Waals surface area contributed by atoms with Crippen LogP contribution in [0.2, 0.25) is 0 Å². The van der Waals surface area contributed by atoms with E-state index in [0.717, 1.165) is 28.9 Å². The molecule has 3 aromatic rings. The Balaban J connectivity index is 1.70. The Morgan fingerprint density at radius 2 is 1.64 bits per heavy atom. The van der Waals surface area contributed by atoms with Crippen LogP contribution in [-0.4, -0.2) is 15.9 Å². The number of hydrogen-bond acceptors (Lipinski definition) is 4. The van der Waals surface area contributed by atoms with Gasteiger partial charge in [-0.1, -0.05) is 12.1 Å². The van der Waals surface area contributed by atoms with Gasteiger partial charge in [0.05, 0.1) is 18.0 Å². The first-order valence-corrected chi connectivity index (χ1v) is 8.37. The lowest BCUT2D eigenvalue weighted by Crippen LogP contribution is -2.15. The van der Waals surface area contributed by atoms with Crippen LogP contribution in [0.25, 0.3) is 0 Å². The van der Waals surface area contributed by atoms with Gasteiger partial charge in [0.2, 0.25) is 0 Å². The van der Waals surface area contributed by atoms with E-state index in [0.29, 0.717) is 5.82 Å². The second kappa shape index (κ2) is 7.67. The molecule has 0 aliphatic heterocycles. The minimum absolute atomic E-state index is 0.0108. The summed E-state index contributed by atoms with van der Waals surface area (Å²) in [5.41, 5.74) is 2.19. The summed E-state index contributed by atoms with van der Waals surface area (Å²) in [6.07, 6.45) is -1.84. The fourth-order valence-corrected chi connectivity index (χ4v) is 2.67. The predicted molar refractivity (Wildman–Crippen MR) is 101 cm³/mol. The number of carbonyl (C=O) groups excluding carboxylic acids is 1. The molecule has 0 fully saturated rings. The van der Waals surface area contributed by atoms with Gasteiger partial charge in [0, 0.05) is 11.4 Å². The van der Waals surface area contributed by atoms with E-state index in [2.05, 4.69) is 20.6 Å². The number of carbonyl (C=O) groups is 1. The molecular formula is C20H17F3N4O. The summed E-state index contributed by atoms with van der Waals surface area (Å²) in [5.74, 6) is -0.203. The third-order valence-electron chi connectivity index (χ3n) is 3.83. The summed E-state index contributed by atoms with van der Waals surface area (Å²) >= 11 is 0. The van der Waals surface area contributed by atoms with E-state index >= 15 is 0 Å². The van der Waals surface area contributed by atoms with Crippen LogP contribution in [0.3, 0.4) is 0 Å². The molecule has 8 heteroatoms. The first-order chi connectivity index (χ1) is 13.2. The van der Waals surface area contributed by atoms with E-state index in [1.54, 1.807) is 0 Å². The quantitative estimate of drug-likeness (QED) is 0.654. The van der Waals surface area contributed by atoms with Crippen LogP contribution in [0.5, 0.6) is 0 Å². The van der Waals surface area contributed by atoms with Gasteiger partial charge in [-0.05, 0) is 55.3 Å². The summed E-state index contributed by atoms with van der Waals surface area (Å²) in [6.45, 7) is 3.95. The average molecular weight is 386 g/mol. The van der Waals surface area contributed by atoms with Gasteiger partial charge in [0.1, 0.15) is 11.5 Å². The van der Waals surface area contributed by atoms with E-state index in [1.165, 1.54) is 24.5 Å². The van der Waals surface area contributed by atoms with Crippen molar-refractivity contribution >= 4 is 23.1 Å². The van der Waals surface area contributed by atoms with Gasteiger partial charge in [-0.3, -0.25) is 4.79 Å². The Hall–Kier alpha value is -3.42. The topological polar surface area (TPSA) is 66.9 Å². The van der Waals surface area contributed by atoms with Crippen LogP contribution >= 0.6 is 0 Å². The van der Waals surface area contributed by atoms with Crippen molar-refractivity contribution in [1.82, 2.24) is 9.97 Å². The van der Waals surface area contributed by atoms with Gasteiger partial charge in [-0.15, -0.1) is 0 Å². The summed E-state index contributed by atoms with van der Waals surface area (Å²) in [4.78, 5) is 20.4. The molecule has 1 heterocycles. The molecule has 0 unspecified atom stereocenters. The second-order valence-electron chi connectivity index (χ2n) is 6.32. The van der Waals surface area contributed by atoms with Crippen molar-refractivity contribution in [1.29, 1.82) is 0 Å². The lowest BCUT2D eigenvalue weighted by molar-refractivity contribution is -0.137. The van der Waals surface area contributed by atoms with Crippen molar-refractivity contribution in [3.63, 3.8) is 0 Å². The average Bonchev–Trinajstić information content (AvgIpc) is 2.61. The Morgan fingerprint density at radius 1 is 0.929 bits per heavy atom. The van der Waals surface area contributed by atoms with Crippen LogP contribution in [0.15, 0.2) is 54.9 Å². The monoisotopic (exact) mass is 386 g/mol. The summed E-state index contributed by atoms with van der Waals surface area (Å²) in [7, 11) is 0. The molecule has 0 saturated carbocycles. The maximum atomic E-state index is 12.8. The largest absolute Gasteiger partial charge is 0.416 e. The molecule has 2 aromatic carbocycles. The standard InChI is InChI=1S/C20H17F3N4O/c1-12-6-13(2)8-16(7-12)26-18-11-24-17(10-25-18)19(28)27-15-5-3-4-14(9-15)20(21,22)23/h3-11H,1-2H3,(H,25,26)(H,27,28). The van der Waals surface area contributed by atoms with Gasteiger partial charge < -0.3 is 10.6 Å². The molecule has 0 atom stereocenters. The molecule has 0 radical (unpaired) electrons. The smallest absolute Gasteiger partial charge is 0.339 e. The number of rotatable bonds is 4. The number of benzene rings is 2. The zero-order chi connectivity index (χ0) is 20.3. The van der Waals surface area contributed by atoms with Crippen LogP contribution in [0, 0.1) is 13.8 Å². The summed E-state index contributed by atoms with van der Waals surface area (Å²) in [5, 5.41) is 5.49. The SMILES string of the molecule is Cc1cc(C)cc(Nc2cnc(C(=O)Nc3cccc(C(F)(F)F)c3)cn2)c1. The highest BCUT2D eigenvalue weighted by atomic mass is 19.4. The van der Waals surface area contributed by atoms with E-state index < -0.39 is 17.6 Å². The van der Waals surface area contributed by atoms with Crippen LogP contribution in [0.4, 0.5) is 30.4 Å². The normalized spacial score (nSPS) is 11.2. The summed E-state index contributed by atoms with van der Waals surface area (Å²) in [6, 6.07) is 10.3. The molecule has 0 aliphatic rings. The van der Waals surface area contributed by atoms with E-state index in [9.17, 15) is 18.0 Å². The Bertz CT molecular complexity index is 981. The first kappa shape index (κ1) is 19.3. The van der Waals surface area contributed by atoms with Crippen molar-refractivity contribution < 1.29 is 18.0 Å². The molecule has 1 amide bonds. The highest BCUT2D eigenvalue weighted by Crippen LogP contribution is 2.30. The zero-order valence-corrected chi connectivity index (χ0v) is 15.1. The number of nitrogens with zero attached hydrogens (tertiary/aromatic N) is 2. The summed E-state index contributed by atoms with van der Waals surface area (Å²) < 4.78 is 38.3. The van der Waals surface area contributed by atoms with Gasteiger partial charge >= 0.3 is 6.18 Å². The van der Waals surface area contributed by atoms with Crippen molar-refractivity contribution in [2.24, 2.45) is 0 Å². The number of hydrogen-bond donors (Lipinski definition) is 2. The fraction of sp³-hybridized carbons (Fsp3) is 0.150. The molecule has 5 nitrogen and oxygen atoms in total. The minimum atomic E-state index is -4.48. The van der Waals surface area contributed by atoms with Crippen LogP contribution < -0.4 is 10.6 Å². The Morgan fingerprint density at radius 3 is 2.25 bits per heavy atom. The number of amides is 1. The fourth-order valence-electron chi connectivity index (χ4n) is 2.67. The number of nitrogens with one attached hydrogen (secondary N) is 2. The van der Waals surface area contributed by atoms with Crippen molar-refractivity contribution in [2.75, 3.05) is 10.6 Å². The molecule has 3 rings (SSSR count). The first-order valence-electron chi connectivity index (χ1n) is 8.37. The molecule has 144 valence electrons. The minimum Gasteiger partial charge on any atom is -0.339 e. The molecule has 0 aliphatic carbocycles. The molecule has 0 spiro atoms. The predicted octanol–water partition coefficient (Wildman–Crippen LogP) is 5.11. The van der Waals surface area contributed by atoms with Gasteiger partial charge in [0.15, 0.2) is 0 Å². The van der Waals surface area contributed by atoms with E-state index in [4.69, 9.17) is 0 Å². The molecule has 28 heavy (non-hydrogen) atoms. The van der Waals surface area contributed by atoms with Gasteiger partial charge in [-0.25, -0.2) is 9.97 Å². The Labute approximate surface area is 159 Å². The molecule has 2 N–H and O–H groups in total. The van der Waals surface area contributed by atoms with Crippen molar-refractivity contribution in [3.05, 3.63) is 77.2 Å². The van der Waals surface area contributed by atoms with Gasteiger partial charge in [0.25, 0.3) is 5.91 Å². The molecule has 0 saturated heterocycles. The molecular weight excluding hydrogens is 369 g/mol. The highest BCUT2D eigenvalue weighted by Gasteiger charge is 2.30. The van der Waals surface area contributed by atoms with E-state index in [1.807, 2.05) is 32.0 Å². The number of aryl methyl sites for hydroxylation is 2. The van der Waals surface area contributed by atoms with Crippen molar-refractivity contribution in [3.8, 4) is 0 Å². The third-order valence-corrected chi connectivity index (χ3v) is 3.83. The maximum absolute atomic E-state index is 12.8. The molecule has 0 bridgehead atoms. The molecule has 1 aromatic heterocycles. The maximum Gasteiger partial charge on any atom is 0.416 e. The number of aromatic nitrogens is 2. The number of alkyl halides is 3. The highest BCUT2D eigenvalue weighted by molar-refractivity contribution is 6.02. The lowest BCUT2D eigenvalue weighted by atomic mass is 10.1. The van der Waals surface area contributed by atoms with Gasteiger partial charge in [-0.2, -0.15) is 13.2 Å². The lowest BCUT2D eigenvalue weighted by Gasteiger charge is -2.10. The van der Waals surface area contributed by atoms with E-state index in [-0.39, 0.29) is 11.4 Å². The van der Waals surface area contributed by atoms with Crippen LogP contribution in [0.1, 0.15) is 27.2 Å². The second-order valence-corrected chi connectivity index (χ2v) is 6.32. The Kier molecular flexibility index (Phi) is 5.30.